The lowest BCUT2D eigenvalue weighted by molar-refractivity contribution is -0.147. The van der Waals surface area contributed by atoms with Crippen molar-refractivity contribution in [2.75, 3.05) is 19.8 Å². The maximum atomic E-state index is 12.8. The van der Waals surface area contributed by atoms with Crippen LogP contribution in [0.15, 0.2) is 35.2 Å². The van der Waals surface area contributed by atoms with Crippen molar-refractivity contribution < 1.29 is 28.6 Å². The van der Waals surface area contributed by atoms with Crippen LogP contribution in [0.2, 0.25) is 10.0 Å². The summed E-state index contributed by atoms with van der Waals surface area (Å²) in [5.41, 5.74) is 1.41. The van der Waals surface area contributed by atoms with Crippen LogP contribution >= 0.6 is 57.6 Å². The number of halogens is 3. The summed E-state index contributed by atoms with van der Waals surface area (Å²) >= 11 is 15.1. The number of hydrogen-bond acceptors (Lipinski definition) is 7. The highest BCUT2D eigenvalue weighted by Gasteiger charge is 2.36. The van der Waals surface area contributed by atoms with E-state index >= 15 is 0 Å². The molecule has 0 bridgehead atoms. The van der Waals surface area contributed by atoms with E-state index < -0.39 is 23.7 Å². The van der Waals surface area contributed by atoms with E-state index in [1.165, 1.54) is 0 Å². The second kappa shape index (κ2) is 13.0. The number of thioether (sulfide) groups is 1. The van der Waals surface area contributed by atoms with Gasteiger partial charge in [0.05, 0.1) is 21.7 Å². The van der Waals surface area contributed by atoms with E-state index in [9.17, 15) is 14.4 Å². The molecule has 1 aliphatic heterocycles. The summed E-state index contributed by atoms with van der Waals surface area (Å²) in [6.07, 6.45) is 1.59. The third-order valence-electron chi connectivity index (χ3n) is 4.76. The lowest BCUT2D eigenvalue weighted by Crippen LogP contribution is -2.34. The minimum Gasteiger partial charge on any atom is -0.490 e. The van der Waals surface area contributed by atoms with Crippen molar-refractivity contribution in [3.63, 3.8) is 0 Å². The molecule has 0 radical (unpaired) electrons. The van der Waals surface area contributed by atoms with Crippen molar-refractivity contribution >= 4 is 80.7 Å². The minimum atomic E-state index is -0.622. The van der Waals surface area contributed by atoms with Gasteiger partial charge >= 0.3 is 5.97 Å². The molecule has 7 nitrogen and oxygen atoms in total. The molecule has 11 heteroatoms. The number of hydrogen-bond donors (Lipinski definition) is 0. The number of carbonyl (C=O) groups excluding carboxylic acids is 3. The molecule has 0 saturated carbocycles. The first-order valence-corrected chi connectivity index (χ1v) is 13.7. The zero-order valence-electron chi connectivity index (χ0n) is 19.8. The van der Waals surface area contributed by atoms with Gasteiger partial charge in [-0.25, -0.2) is 0 Å². The van der Waals surface area contributed by atoms with Crippen molar-refractivity contribution in [2.24, 2.45) is 5.92 Å². The number of rotatable bonds is 10. The molecule has 192 valence electrons. The Morgan fingerprint density at radius 3 is 2.58 bits per heavy atom. The van der Waals surface area contributed by atoms with Crippen LogP contribution in [0, 0.1) is 9.49 Å². The number of nitrogens with zero attached hydrogens (tertiary/aromatic N) is 1. The third-order valence-corrected chi connectivity index (χ3v) is 7.05. The normalized spacial score (nSPS) is 14.6. The fourth-order valence-electron chi connectivity index (χ4n) is 3.08. The molecule has 0 N–H and O–H groups in total. The second-order valence-electron chi connectivity index (χ2n) is 8.13. The van der Waals surface area contributed by atoms with Gasteiger partial charge in [0.15, 0.2) is 11.5 Å². The highest BCUT2D eigenvalue weighted by atomic mass is 127. The second-order valence-corrected chi connectivity index (χ2v) is 11.1. The Morgan fingerprint density at radius 2 is 1.92 bits per heavy atom. The first kappa shape index (κ1) is 28.6. The Labute approximate surface area is 237 Å². The quantitative estimate of drug-likeness (QED) is 0.157. The van der Waals surface area contributed by atoms with Crippen molar-refractivity contribution in [1.29, 1.82) is 0 Å². The highest BCUT2D eigenvalue weighted by molar-refractivity contribution is 14.1. The number of esters is 1. The van der Waals surface area contributed by atoms with Crippen LogP contribution in [0.3, 0.4) is 0 Å². The van der Waals surface area contributed by atoms with E-state index in [1.54, 1.807) is 30.3 Å². The summed E-state index contributed by atoms with van der Waals surface area (Å²) < 4.78 is 17.6. The molecule has 1 saturated heterocycles. The molecule has 2 aromatic rings. The van der Waals surface area contributed by atoms with Crippen molar-refractivity contribution in [1.82, 2.24) is 4.90 Å². The Hall–Kier alpha value is -1.95. The van der Waals surface area contributed by atoms with E-state index in [4.69, 9.17) is 37.4 Å². The fraction of sp³-hybridized carbons (Fsp3) is 0.320. The van der Waals surface area contributed by atoms with Crippen molar-refractivity contribution in [3.05, 3.63) is 60.0 Å². The van der Waals surface area contributed by atoms with Gasteiger partial charge < -0.3 is 14.2 Å². The van der Waals surface area contributed by atoms with E-state index in [0.717, 1.165) is 25.8 Å². The van der Waals surface area contributed by atoms with E-state index in [-0.39, 0.29) is 24.0 Å². The van der Waals surface area contributed by atoms with Crippen LogP contribution in [-0.2, 0) is 20.9 Å². The van der Waals surface area contributed by atoms with Gasteiger partial charge in [-0.1, -0.05) is 43.1 Å². The molecule has 0 aromatic heterocycles. The smallest absolute Gasteiger partial charge is 0.326 e. The summed E-state index contributed by atoms with van der Waals surface area (Å²) in [6, 6.07) is 8.72. The Morgan fingerprint density at radius 1 is 1.17 bits per heavy atom. The molecular weight excluding hydrogens is 640 g/mol. The van der Waals surface area contributed by atoms with E-state index in [1.807, 2.05) is 26.8 Å². The summed E-state index contributed by atoms with van der Waals surface area (Å²) in [5, 5.41) is 0.512. The van der Waals surface area contributed by atoms with Crippen molar-refractivity contribution in [2.45, 2.75) is 27.4 Å². The molecule has 2 amide bonds. The molecule has 2 aromatic carbocycles. The molecule has 1 aliphatic rings. The number of ether oxygens (including phenoxy) is 3. The first-order valence-electron chi connectivity index (χ1n) is 11.0. The molecule has 0 spiro atoms. The van der Waals surface area contributed by atoms with Gasteiger partial charge in [0.25, 0.3) is 11.1 Å². The van der Waals surface area contributed by atoms with Crippen LogP contribution in [0.4, 0.5) is 4.79 Å². The summed E-state index contributed by atoms with van der Waals surface area (Å²) in [5.74, 6) is -0.000333. The zero-order valence-corrected chi connectivity index (χ0v) is 24.3. The highest BCUT2D eigenvalue weighted by Crippen LogP contribution is 2.38. The molecule has 3 rings (SSSR count). The van der Waals surface area contributed by atoms with Gasteiger partial charge in [0, 0.05) is 15.6 Å². The standard InChI is InChI=1S/C25H24Cl2INO6S/c1-4-33-20-8-15(7-19(28)23(20)35-13-16-5-6-17(26)10-18(16)27)9-21-24(31)29(25(32)36-21)11-22(30)34-12-14(2)3/h5-10,14H,4,11-13H2,1-3H3/b21-9+. The van der Waals surface area contributed by atoms with Gasteiger partial charge in [0.2, 0.25) is 0 Å². The van der Waals surface area contributed by atoms with Gasteiger partial charge in [-0.15, -0.1) is 0 Å². The third kappa shape index (κ3) is 7.53. The van der Waals surface area contributed by atoms with Gasteiger partial charge in [-0.3, -0.25) is 19.3 Å². The predicted molar refractivity (Wildman–Crippen MR) is 150 cm³/mol. The fourth-order valence-corrected chi connectivity index (χ4v) is 5.17. The summed E-state index contributed by atoms with van der Waals surface area (Å²) in [6.45, 7) is 6.06. The summed E-state index contributed by atoms with van der Waals surface area (Å²) in [7, 11) is 0. The topological polar surface area (TPSA) is 82.1 Å². The van der Waals surface area contributed by atoms with Crippen LogP contribution < -0.4 is 9.47 Å². The van der Waals surface area contributed by atoms with E-state index in [0.29, 0.717) is 33.7 Å². The lowest BCUT2D eigenvalue weighted by Gasteiger charge is -2.15. The van der Waals surface area contributed by atoms with Gasteiger partial charge in [-0.2, -0.15) is 0 Å². The lowest BCUT2D eigenvalue weighted by atomic mass is 10.1. The molecule has 36 heavy (non-hydrogen) atoms. The van der Waals surface area contributed by atoms with Crippen molar-refractivity contribution in [3.8, 4) is 11.5 Å². The monoisotopic (exact) mass is 663 g/mol. The van der Waals surface area contributed by atoms with Gasteiger partial charge in [-0.05, 0) is 83.1 Å². The average Bonchev–Trinajstić information content (AvgIpc) is 3.05. The van der Waals surface area contributed by atoms with Crippen LogP contribution in [0.1, 0.15) is 31.9 Å². The van der Waals surface area contributed by atoms with Crippen LogP contribution in [0.25, 0.3) is 6.08 Å². The molecule has 1 heterocycles. The summed E-state index contributed by atoms with van der Waals surface area (Å²) in [4.78, 5) is 38.3. The van der Waals surface area contributed by atoms with Gasteiger partial charge in [0.1, 0.15) is 13.2 Å². The predicted octanol–water partition coefficient (Wildman–Crippen LogP) is 6.81. The van der Waals surface area contributed by atoms with Crippen LogP contribution in [-0.4, -0.2) is 41.8 Å². The Bertz CT molecular complexity index is 1200. The maximum absolute atomic E-state index is 12.8. The number of amides is 2. The largest absolute Gasteiger partial charge is 0.490 e. The minimum absolute atomic E-state index is 0.154. The number of imide groups is 1. The maximum Gasteiger partial charge on any atom is 0.326 e. The number of carbonyl (C=O) groups is 3. The number of benzene rings is 2. The molecule has 0 unspecified atom stereocenters. The Balaban J connectivity index is 1.79. The van der Waals surface area contributed by atoms with E-state index in [2.05, 4.69) is 22.6 Å². The molecule has 0 atom stereocenters. The zero-order chi connectivity index (χ0) is 26.4. The molecular formula is C25H24Cl2INO6S. The first-order chi connectivity index (χ1) is 17.1. The Kier molecular flexibility index (Phi) is 10.4. The SMILES string of the molecule is CCOc1cc(/C=C2/SC(=O)N(CC(=O)OCC(C)C)C2=O)cc(I)c1OCc1ccc(Cl)cc1Cl. The van der Waals surface area contributed by atoms with Crippen LogP contribution in [0.5, 0.6) is 11.5 Å². The molecule has 1 fully saturated rings. The molecule has 0 aliphatic carbocycles. The average molecular weight is 664 g/mol.